The van der Waals surface area contributed by atoms with E-state index in [1.54, 1.807) is 6.07 Å². The van der Waals surface area contributed by atoms with Crippen LogP contribution < -0.4 is 5.32 Å². The Labute approximate surface area is 114 Å². The van der Waals surface area contributed by atoms with Crippen LogP contribution in [-0.2, 0) is 0 Å². The summed E-state index contributed by atoms with van der Waals surface area (Å²) < 4.78 is 0. The van der Waals surface area contributed by atoms with Gasteiger partial charge in [-0.05, 0) is 30.7 Å². The predicted octanol–water partition coefficient (Wildman–Crippen LogP) is 2.60. The fraction of sp³-hybridized carbons (Fsp3) is 0.417. The highest BCUT2D eigenvalue weighted by Gasteiger charge is 2.20. The zero-order valence-electron chi connectivity index (χ0n) is 10.2. The van der Waals surface area contributed by atoms with Crippen LogP contribution in [0.2, 0.25) is 0 Å². The summed E-state index contributed by atoms with van der Waals surface area (Å²) in [6.45, 7) is 0.752. The zero-order chi connectivity index (χ0) is 13.8. The first kappa shape index (κ1) is 13.7. The molecule has 0 aromatic heterocycles. The van der Waals surface area contributed by atoms with Crippen LogP contribution in [0.5, 0.6) is 0 Å². The third-order valence-electron chi connectivity index (χ3n) is 2.98. The van der Waals surface area contributed by atoms with Gasteiger partial charge in [0, 0.05) is 23.5 Å². The number of carboxylic acids is 1. The number of anilines is 1. The van der Waals surface area contributed by atoms with Gasteiger partial charge in [-0.2, -0.15) is 11.8 Å². The molecule has 1 aliphatic heterocycles. The van der Waals surface area contributed by atoms with E-state index in [9.17, 15) is 14.9 Å². The van der Waals surface area contributed by atoms with Crippen molar-refractivity contribution in [2.45, 2.75) is 18.1 Å². The van der Waals surface area contributed by atoms with Crippen LogP contribution in [0.25, 0.3) is 0 Å². The highest BCUT2D eigenvalue weighted by molar-refractivity contribution is 8.00. The van der Waals surface area contributed by atoms with Crippen molar-refractivity contribution in [2.75, 3.05) is 17.6 Å². The summed E-state index contributed by atoms with van der Waals surface area (Å²) in [5.41, 5.74) is -0.0575. The van der Waals surface area contributed by atoms with Crippen molar-refractivity contribution in [1.82, 2.24) is 0 Å². The number of nitrogens with zero attached hydrogens (tertiary/aromatic N) is 1. The topological polar surface area (TPSA) is 92.5 Å². The van der Waals surface area contributed by atoms with Gasteiger partial charge in [0.15, 0.2) is 0 Å². The molecule has 0 saturated carbocycles. The van der Waals surface area contributed by atoms with Crippen molar-refractivity contribution in [2.24, 2.45) is 0 Å². The van der Waals surface area contributed by atoms with Crippen LogP contribution in [0.1, 0.15) is 23.2 Å². The number of benzene rings is 1. The van der Waals surface area contributed by atoms with Gasteiger partial charge in [0.2, 0.25) is 0 Å². The minimum Gasteiger partial charge on any atom is -0.477 e. The summed E-state index contributed by atoms with van der Waals surface area (Å²) in [6, 6.07) is 4.10. The Morgan fingerprint density at radius 2 is 2.37 bits per heavy atom. The van der Waals surface area contributed by atoms with E-state index in [2.05, 4.69) is 5.32 Å². The molecule has 1 saturated heterocycles. The fourth-order valence-electron chi connectivity index (χ4n) is 2.01. The maximum absolute atomic E-state index is 11.0. The van der Waals surface area contributed by atoms with E-state index in [1.807, 2.05) is 11.8 Å². The Hall–Kier alpha value is -1.76. The van der Waals surface area contributed by atoms with Gasteiger partial charge in [0.1, 0.15) is 5.56 Å². The van der Waals surface area contributed by atoms with E-state index in [0.29, 0.717) is 10.9 Å². The summed E-state index contributed by atoms with van der Waals surface area (Å²) in [5, 5.41) is 23.4. The number of rotatable bonds is 5. The molecule has 0 spiro atoms. The first-order valence-corrected chi connectivity index (χ1v) is 7.00. The van der Waals surface area contributed by atoms with E-state index in [1.165, 1.54) is 18.6 Å². The van der Waals surface area contributed by atoms with E-state index in [-0.39, 0.29) is 11.3 Å². The highest BCUT2D eigenvalue weighted by Crippen LogP contribution is 2.27. The number of nitro benzene ring substituents is 1. The van der Waals surface area contributed by atoms with Crippen LogP contribution >= 0.6 is 11.8 Å². The van der Waals surface area contributed by atoms with Crippen LogP contribution in [0.4, 0.5) is 11.4 Å². The van der Waals surface area contributed by atoms with Gasteiger partial charge < -0.3 is 10.4 Å². The second kappa shape index (κ2) is 5.92. The number of nitro groups is 1. The molecule has 1 aromatic carbocycles. The second-order valence-corrected chi connectivity index (χ2v) is 5.72. The molecule has 19 heavy (non-hydrogen) atoms. The van der Waals surface area contributed by atoms with Crippen molar-refractivity contribution in [3.8, 4) is 0 Å². The molecule has 7 heteroatoms. The standard InChI is InChI=1S/C12H14N2O4S/c15-12(16)10-6-8(3-4-11(10)14(17)18)13-7-9-2-1-5-19-9/h3-4,6,9,13H,1-2,5,7H2,(H,15,16). The summed E-state index contributed by atoms with van der Waals surface area (Å²) in [4.78, 5) is 21.0. The van der Waals surface area contributed by atoms with Crippen molar-refractivity contribution in [3.63, 3.8) is 0 Å². The number of thioether (sulfide) groups is 1. The molecule has 102 valence electrons. The second-order valence-electron chi connectivity index (χ2n) is 4.31. The van der Waals surface area contributed by atoms with Crippen molar-refractivity contribution < 1.29 is 14.8 Å². The van der Waals surface area contributed by atoms with Crippen molar-refractivity contribution >= 4 is 29.1 Å². The van der Waals surface area contributed by atoms with Crippen LogP contribution in [0, 0.1) is 10.1 Å². The Morgan fingerprint density at radius 1 is 1.58 bits per heavy atom. The lowest BCUT2D eigenvalue weighted by atomic mass is 10.1. The maximum atomic E-state index is 11.0. The quantitative estimate of drug-likeness (QED) is 0.637. The van der Waals surface area contributed by atoms with E-state index in [4.69, 9.17) is 5.11 Å². The Balaban J connectivity index is 2.11. The lowest BCUT2D eigenvalue weighted by Crippen LogP contribution is -2.14. The third-order valence-corrected chi connectivity index (χ3v) is 4.38. The van der Waals surface area contributed by atoms with Gasteiger partial charge in [0.25, 0.3) is 5.69 Å². The third kappa shape index (κ3) is 3.37. The van der Waals surface area contributed by atoms with Crippen LogP contribution in [0.3, 0.4) is 0 Å². The van der Waals surface area contributed by atoms with Gasteiger partial charge in [-0.25, -0.2) is 4.79 Å². The largest absolute Gasteiger partial charge is 0.477 e. The molecular weight excluding hydrogens is 268 g/mol. The van der Waals surface area contributed by atoms with Crippen molar-refractivity contribution in [3.05, 3.63) is 33.9 Å². The molecule has 1 fully saturated rings. The predicted molar refractivity (Wildman–Crippen MR) is 74.0 cm³/mol. The van der Waals surface area contributed by atoms with E-state index in [0.717, 1.165) is 18.7 Å². The zero-order valence-corrected chi connectivity index (χ0v) is 11.0. The monoisotopic (exact) mass is 282 g/mol. The van der Waals surface area contributed by atoms with Gasteiger partial charge in [-0.1, -0.05) is 0 Å². The molecule has 6 nitrogen and oxygen atoms in total. The molecule has 0 aliphatic carbocycles. The smallest absolute Gasteiger partial charge is 0.342 e. The average Bonchev–Trinajstić information content (AvgIpc) is 2.88. The van der Waals surface area contributed by atoms with Gasteiger partial charge in [-0.3, -0.25) is 10.1 Å². The summed E-state index contributed by atoms with van der Waals surface area (Å²) in [5.74, 6) is -0.127. The van der Waals surface area contributed by atoms with E-state index >= 15 is 0 Å². The summed E-state index contributed by atoms with van der Waals surface area (Å²) >= 11 is 1.89. The molecular formula is C12H14N2O4S. The molecule has 0 amide bonds. The van der Waals surface area contributed by atoms with Gasteiger partial charge in [-0.15, -0.1) is 0 Å². The Morgan fingerprint density at radius 3 is 2.95 bits per heavy atom. The SMILES string of the molecule is O=C(O)c1cc(NCC2CCCS2)ccc1[N+](=O)[O-]. The number of aromatic carboxylic acids is 1. The van der Waals surface area contributed by atoms with Crippen LogP contribution in [0.15, 0.2) is 18.2 Å². The normalized spacial score (nSPS) is 18.2. The Bertz CT molecular complexity index is 501. The number of nitrogens with one attached hydrogen (secondary N) is 1. The minimum absolute atomic E-state index is 0.283. The molecule has 1 aromatic rings. The lowest BCUT2D eigenvalue weighted by Gasteiger charge is -2.11. The summed E-state index contributed by atoms with van der Waals surface area (Å²) in [7, 11) is 0. The molecule has 1 unspecified atom stereocenters. The number of hydrogen-bond acceptors (Lipinski definition) is 5. The van der Waals surface area contributed by atoms with Gasteiger partial charge >= 0.3 is 5.97 Å². The van der Waals surface area contributed by atoms with Crippen LogP contribution in [-0.4, -0.2) is 33.5 Å². The molecule has 2 rings (SSSR count). The number of carbonyl (C=O) groups is 1. The molecule has 0 radical (unpaired) electrons. The summed E-state index contributed by atoms with van der Waals surface area (Å²) in [6.07, 6.45) is 2.36. The average molecular weight is 282 g/mol. The van der Waals surface area contributed by atoms with E-state index < -0.39 is 10.9 Å². The highest BCUT2D eigenvalue weighted by atomic mass is 32.2. The number of hydrogen-bond donors (Lipinski definition) is 2. The van der Waals surface area contributed by atoms with Crippen molar-refractivity contribution in [1.29, 1.82) is 0 Å². The maximum Gasteiger partial charge on any atom is 0.342 e. The lowest BCUT2D eigenvalue weighted by molar-refractivity contribution is -0.385. The fourth-order valence-corrected chi connectivity index (χ4v) is 3.21. The molecule has 1 aliphatic rings. The first-order valence-electron chi connectivity index (χ1n) is 5.95. The number of carboxylic acid groups (broad SMARTS) is 1. The molecule has 0 bridgehead atoms. The first-order chi connectivity index (χ1) is 9.08. The van der Waals surface area contributed by atoms with Gasteiger partial charge in [0.05, 0.1) is 4.92 Å². The minimum atomic E-state index is -1.29. The molecule has 1 heterocycles. The Kier molecular flexibility index (Phi) is 4.26. The molecule has 2 N–H and O–H groups in total. The molecule has 1 atom stereocenters.